The summed E-state index contributed by atoms with van der Waals surface area (Å²) in [5.74, 6) is 1.50. The highest BCUT2D eigenvalue weighted by Gasteiger charge is 2.16. The Morgan fingerprint density at radius 1 is 1.05 bits per heavy atom. The van der Waals surface area contributed by atoms with Crippen molar-refractivity contribution in [1.29, 1.82) is 0 Å². The number of hydrogen-bond acceptors (Lipinski definition) is 3. The second-order valence-electron chi connectivity index (χ2n) is 4.89. The van der Waals surface area contributed by atoms with Crippen LogP contribution in [-0.2, 0) is 0 Å². The number of hydrogen-bond donors (Lipinski definition) is 1. The zero-order valence-corrected chi connectivity index (χ0v) is 11.4. The van der Waals surface area contributed by atoms with Crippen molar-refractivity contribution >= 4 is 17.4 Å². The van der Waals surface area contributed by atoms with Crippen LogP contribution in [0.5, 0.6) is 0 Å². The summed E-state index contributed by atoms with van der Waals surface area (Å²) in [6.45, 7) is 0. The van der Waals surface area contributed by atoms with Gasteiger partial charge < -0.3 is 5.32 Å². The molecule has 0 bridgehead atoms. The monoisotopic (exact) mass is 273 g/mol. The number of benzene rings is 1. The second-order valence-corrected chi connectivity index (χ2v) is 5.28. The van der Waals surface area contributed by atoms with Crippen molar-refractivity contribution in [2.75, 3.05) is 5.32 Å². The molecule has 3 rings (SSSR count). The molecule has 1 aromatic carbocycles. The third-order valence-electron chi connectivity index (χ3n) is 3.43. The molecule has 0 radical (unpaired) electrons. The predicted octanol–water partition coefficient (Wildman–Crippen LogP) is 4.15. The zero-order chi connectivity index (χ0) is 13.1. The Balaban J connectivity index is 1.87. The average molecular weight is 274 g/mol. The van der Waals surface area contributed by atoms with Crippen molar-refractivity contribution in [2.45, 2.75) is 31.7 Å². The van der Waals surface area contributed by atoms with Crippen LogP contribution in [0.1, 0.15) is 25.7 Å². The lowest BCUT2D eigenvalue weighted by atomic mass is 10.2. The maximum Gasteiger partial charge on any atom is 0.163 e. The van der Waals surface area contributed by atoms with Crippen molar-refractivity contribution in [2.24, 2.45) is 0 Å². The molecule has 1 aromatic heterocycles. The fraction of sp³-hybridized carbons (Fsp3) is 0.333. The molecule has 1 heterocycles. The lowest BCUT2D eigenvalue weighted by molar-refractivity contribution is 0.750. The van der Waals surface area contributed by atoms with E-state index in [2.05, 4.69) is 15.3 Å². The third-order valence-corrected chi connectivity index (χ3v) is 3.63. The largest absolute Gasteiger partial charge is 0.367 e. The molecule has 2 aromatic rings. The van der Waals surface area contributed by atoms with E-state index in [-0.39, 0.29) is 0 Å². The van der Waals surface area contributed by atoms with E-state index in [1.54, 1.807) is 6.07 Å². The molecule has 1 fully saturated rings. The molecule has 0 aliphatic heterocycles. The van der Waals surface area contributed by atoms with Gasteiger partial charge in [-0.25, -0.2) is 9.97 Å². The van der Waals surface area contributed by atoms with E-state index in [1.165, 1.54) is 25.7 Å². The van der Waals surface area contributed by atoms with Gasteiger partial charge >= 0.3 is 0 Å². The summed E-state index contributed by atoms with van der Waals surface area (Å²) in [5, 5.41) is 3.94. The van der Waals surface area contributed by atoms with Crippen molar-refractivity contribution in [3.63, 3.8) is 0 Å². The Kier molecular flexibility index (Phi) is 3.65. The molecule has 98 valence electrons. The third kappa shape index (κ3) is 3.04. The van der Waals surface area contributed by atoms with Crippen molar-refractivity contribution < 1.29 is 0 Å². The minimum Gasteiger partial charge on any atom is -0.367 e. The van der Waals surface area contributed by atoms with Gasteiger partial charge in [0.05, 0.1) is 0 Å². The number of nitrogens with one attached hydrogen (secondary N) is 1. The van der Waals surface area contributed by atoms with Crippen LogP contribution in [0.2, 0.25) is 5.15 Å². The normalized spacial score (nSPS) is 15.6. The molecule has 0 amide bonds. The maximum atomic E-state index is 6.09. The van der Waals surface area contributed by atoms with Crippen LogP contribution in [0.15, 0.2) is 36.4 Å². The second kappa shape index (κ2) is 5.57. The van der Waals surface area contributed by atoms with Crippen molar-refractivity contribution in [3.05, 3.63) is 41.6 Å². The van der Waals surface area contributed by atoms with E-state index in [9.17, 15) is 0 Å². The highest BCUT2D eigenvalue weighted by molar-refractivity contribution is 6.29. The molecular formula is C15H16ClN3. The molecule has 3 nitrogen and oxygen atoms in total. The Hall–Kier alpha value is -1.61. The lowest BCUT2D eigenvalue weighted by Crippen LogP contribution is -2.15. The molecule has 0 atom stereocenters. The van der Waals surface area contributed by atoms with Gasteiger partial charge in [0, 0.05) is 17.7 Å². The Morgan fingerprint density at radius 2 is 1.79 bits per heavy atom. The van der Waals surface area contributed by atoms with Crippen LogP contribution >= 0.6 is 11.6 Å². The first-order chi connectivity index (χ1) is 9.31. The Labute approximate surface area is 118 Å². The number of aromatic nitrogens is 2. The van der Waals surface area contributed by atoms with Crippen LogP contribution in [0.25, 0.3) is 11.4 Å². The Morgan fingerprint density at radius 3 is 2.53 bits per heavy atom. The summed E-state index contributed by atoms with van der Waals surface area (Å²) in [4.78, 5) is 8.85. The van der Waals surface area contributed by atoms with Gasteiger partial charge in [-0.05, 0) is 12.8 Å². The van der Waals surface area contributed by atoms with Crippen LogP contribution in [0.3, 0.4) is 0 Å². The number of nitrogens with zero attached hydrogens (tertiary/aromatic N) is 2. The quantitative estimate of drug-likeness (QED) is 0.854. The molecule has 0 unspecified atom stereocenters. The maximum absolute atomic E-state index is 6.09. The van der Waals surface area contributed by atoms with Crippen molar-refractivity contribution in [3.8, 4) is 11.4 Å². The molecular weight excluding hydrogens is 258 g/mol. The number of halogens is 1. The van der Waals surface area contributed by atoms with E-state index >= 15 is 0 Å². The summed E-state index contributed by atoms with van der Waals surface area (Å²) >= 11 is 6.09. The minimum atomic E-state index is 0.481. The zero-order valence-electron chi connectivity index (χ0n) is 10.6. The van der Waals surface area contributed by atoms with Gasteiger partial charge in [-0.2, -0.15) is 0 Å². The topological polar surface area (TPSA) is 37.8 Å². The highest BCUT2D eigenvalue weighted by atomic mass is 35.5. The average Bonchev–Trinajstić information content (AvgIpc) is 2.92. The standard InChI is InChI=1S/C15H16ClN3/c16-13-10-14(17-12-8-4-5-9-12)19-15(18-13)11-6-2-1-3-7-11/h1-3,6-7,10,12H,4-5,8-9H2,(H,17,18,19). The van der Waals surface area contributed by atoms with Crippen LogP contribution in [0, 0.1) is 0 Å². The van der Waals surface area contributed by atoms with E-state index in [0.717, 1.165) is 11.4 Å². The summed E-state index contributed by atoms with van der Waals surface area (Å²) in [5.41, 5.74) is 0.986. The van der Waals surface area contributed by atoms with Gasteiger partial charge in [0.15, 0.2) is 5.82 Å². The molecule has 1 aliphatic carbocycles. The van der Waals surface area contributed by atoms with Gasteiger partial charge in [0.1, 0.15) is 11.0 Å². The molecule has 1 saturated carbocycles. The first-order valence-electron chi connectivity index (χ1n) is 6.68. The molecule has 1 aliphatic rings. The molecule has 4 heteroatoms. The van der Waals surface area contributed by atoms with Gasteiger partial charge in [-0.1, -0.05) is 54.8 Å². The van der Waals surface area contributed by atoms with Crippen LogP contribution < -0.4 is 5.32 Å². The SMILES string of the molecule is Clc1cc(NC2CCCC2)nc(-c2ccccc2)n1. The summed E-state index contributed by atoms with van der Waals surface area (Å²) in [6, 6.07) is 12.2. The predicted molar refractivity (Wildman–Crippen MR) is 78.4 cm³/mol. The fourth-order valence-corrected chi connectivity index (χ4v) is 2.67. The van der Waals surface area contributed by atoms with Gasteiger partial charge in [-0.15, -0.1) is 0 Å². The first-order valence-corrected chi connectivity index (χ1v) is 7.05. The number of anilines is 1. The molecule has 0 saturated heterocycles. The molecule has 1 N–H and O–H groups in total. The fourth-order valence-electron chi connectivity index (χ4n) is 2.49. The first kappa shape index (κ1) is 12.4. The molecule has 19 heavy (non-hydrogen) atoms. The van der Waals surface area contributed by atoms with Gasteiger partial charge in [0.25, 0.3) is 0 Å². The van der Waals surface area contributed by atoms with Gasteiger partial charge in [-0.3, -0.25) is 0 Å². The van der Waals surface area contributed by atoms with Crippen molar-refractivity contribution in [1.82, 2.24) is 9.97 Å². The summed E-state index contributed by atoms with van der Waals surface area (Å²) in [6.07, 6.45) is 5.01. The van der Waals surface area contributed by atoms with Crippen LogP contribution in [-0.4, -0.2) is 16.0 Å². The Bertz CT molecular complexity index is 551. The van der Waals surface area contributed by atoms with Gasteiger partial charge in [0.2, 0.25) is 0 Å². The van der Waals surface area contributed by atoms with E-state index in [0.29, 0.717) is 17.0 Å². The van der Waals surface area contributed by atoms with E-state index in [4.69, 9.17) is 11.6 Å². The highest BCUT2D eigenvalue weighted by Crippen LogP contribution is 2.24. The lowest BCUT2D eigenvalue weighted by Gasteiger charge is -2.13. The van der Waals surface area contributed by atoms with E-state index in [1.807, 2.05) is 30.3 Å². The van der Waals surface area contributed by atoms with E-state index < -0.39 is 0 Å². The number of rotatable bonds is 3. The minimum absolute atomic E-state index is 0.481. The summed E-state index contributed by atoms with van der Waals surface area (Å²) in [7, 11) is 0. The summed E-state index contributed by atoms with van der Waals surface area (Å²) < 4.78 is 0. The molecule has 0 spiro atoms. The van der Waals surface area contributed by atoms with Crippen LogP contribution in [0.4, 0.5) is 5.82 Å². The smallest absolute Gasteiger partial charge is 0.163 e.